The van der Waals surface area contributed by atoms with Crippen molar-refractivity contribution in [1.82, 2.24) is 0 Å². The molecule has 0 aliphatic heterocycles. The quantitative estimate of drug-likeness (QED) is 0.793. The average Bonchev–Trinajstić information content (AvgIpc) is 2.54. The fraction of sp³-hybridized carbons (Fsp3) is 0.333. The van der Waals surface area contributed by atoms with Crippen LogP contribution in [-0.2, 0) is 4.79 Å². The fourth-order valence-corrected chi connectivity index (χ4v) is 3.16. The van der Waals surface area contributed by atoms with Gasteiger partial charge in [0.1, 0.15) is 5.75 Å². The Morgan fingerprint density at radius 2 is 1.90 bits per heavy atom. The number of carbonyl (C=O) groups is 2. The normalized spacial score (nSPS) is 23.2. The first-order valence-corrected chi connectivity index (χ1v) is 7.11. The summed E-state index contributed by atoms with van der Waals surface area (Å²) >= 11 is 0. The Morgan fingerprint density at radius 1 is 1.19 bits per heavy atom. The maximum absolute atomic E-state index is 12.6. The number of Topliss-reactive ketones (excluding diaryl/α,β-unsaturated/α-hetero) is 1. The second kappa shape index (κ2) is 4.42. The summed E-state index contributed by atoms with van der Waals surface area (Å²) in [7, 11) is 0. The minimum atomic E-state index is -0.574. The molecule has 1 atom stereocenters. The molecule has 108 valence electrons. The van der Waals surface area contributed by atoms with Crippen LogP contribution in [0, 0.1) is 18.3 Å². The highest BCUT2D eigenvalue weighted by Crippen LogP contribution is 2.44. The van der Waals surface area contributed by atoms with Crippen molar-refractivity contribution in [2.45, 2.75) is 27.2 Å². The third kappa shape index (κ3) is 2.04. The number of rotatable bonds is 0. The maximum Gasteiger partial charge on any atom is 0.164 e. The summed E-state index contributed by atoms with van der Waals surface area (Å²) in [4.78, 5) is 24.7. The van der Waals surface area contributed by atoms with Crippen LogP contribution >= 0.6 is 0 Å². The molecule has 0 aromatic heterocycles. The third-order valence-corrected chi connectivity index (χ3v) is 4.72. The van der Waals surface area contributed by atoms with Crippen LogP contribution in [-0.4, -0.2) is 16.7 Å². The second-order valence-electron chi connectivity index (χ2n) is 6.47. The van der Waals surface area contributed by atoms with Gasteiger partial charge < -0.3 is 5.11 Å². The Kier molecular flexibility index (Phi) is 2.90. The number of allylic oxidation sites excluding steroid dienone is 3. The Bertz CT molecular complexity index is 720. The summed E-state index contributed by atoms with van der Waals surface area (Å²) < 4.78 is 0. The Balaban J connectivity index is 2.21. The maximum atomic E-state index is 12.6. The first-order valence-electron chi connectivity index (χ1n) is 7.11. The van der Waals surface area contributed by atoms with E-state index in [4.69, 9.17) is 0 Å². The first-order chi connectivity index (χ1) is 9.80. The minimum Gasteiger partial charge on any atom is -0.508 e. The zero-order valence-electron chi connectivity index (χ0n) is 12.4. The van der Waals surface area contributed by atoms with Gasteiger partial charge in [0.15, 0.2) is 11.6 Å². The predicted molar refractivity (Wildman–Crippen MR) is 81.2 cm³/mol. The molecule has 0 saturated heterocycles. The van der Waals surface area contributed by atoms with Gasteiger partial charge in [0, 0.05) is 23.3 Å². The standard InChI is InChI=1S/C18H18O3/c1-10-6-13-12(8-15(10)19)7-11-4-5-17(21)18(2,3)14(11)9-16(13)20/h4-8,14,19H,9H2,1-3H3/t14-/m0/s1. The van der Waals surface area contributed by atoms with Crippen molar-refractivity contribution in [2.24, 2.45) is 11.3 Å². The molecular formula is C18H18O3. The van der Waals surface area contributed by atoms with E-state index in [0.717, 1.165) is 11.1 Å². The van der Waals surface area contributed by atoms with Gasteiger partial charge in [-0.05, 0) is 41.8 Å². The monoisotopic (exact) mass is 282 g/mol. The van der Waals surface area contributed by atoms with Crippen LogP contribution in [0.15, 0.2) is 29.9 Å². The van der Waals surface area contributed by atoms with Gasteiger partial charge in [-0.25, -0.2) is 0 Å². The topological polar surface area (TPSA) is 54.4 Å². The number of carbonyl (C=O) groups excluding carboxylic acids is 2. The number of hydrogen-bond donors (Lipinski definition) is 1. The van der Waals surface area contributed by atoms with Gasteiger partial charge in [-0.2, -0.15) is 0 Å². The number of phenolic OH excluding ortho intramolecular Hbond substituents is 1. The van der Waals surface area contributed by atoms with Crippen molar-refractivity contribution in [3.63, 3.8) is 0 Å². The molecule has 21 heavy (non-hydrogen) atoms. The van der Waals surface area contributed by atoms with Crippen molar-refractivity contribution in [1.29, 1.82) is 0 Å². The first kappa shape index (κ1) is 13.8. The number of aryl methyl sites for hydroxylation is 1. The lowest BCUT2D eigenvalue weighted by molar-refractivity contribution is -0.124. The van der Waals surface area contributed by atoms with Crippen LogP contribution < -0.4 is 0 Å². The molecule has 1 aromatic rings. The second-order valence-corrected chi connectivity index (χ2v) is 6.47. The molecule has 0 unspecified atom stereocenters. The Morgan fingerprint density at radius 3 is 2.62 bits per heavy atom. The van der Waals surface area contributed by atoms with E-state index in [0.29, 0.717) is 17.5 Å². The molecule has 3 rings (SSSR count). The van der Waals surface area contributed by atoms with Gasteiger partial charge in [0.2, 0.25) is 0 Å². The van der Waals surface area contributed by atoms with E-state index in [1.165, 1.54) is 0 Å². The fourth-order valence-electron chi connectivity index (χ4n) is 3.16. The summed E-state index contributed by atoms with van der Waals surface area (Å²) in [6.45, 7) is 5.56. The third-order valence-electron chi connectivity index (χ3n) is 4.72. The molecule has 1 N–H and O–H groups in total. The SMILES string of the molecule is Cc1cc2c(cc1O)C=C1C=CC(=O)C(C)(C)[C@H]1CC2=O. The summed E-state index contributed by atoms with van der Waals surface area (Å²) in [6, 6.07) is 3.37. The summed E-state index contributed by atoms with van der Waals surface area (Å²) in [5.74, 6) is 0.160. The number of benzene rings is 1. The molecule has 0 heterocycles. The van der Waals surface area contributed by atoms with Crippen LogP contribution in [0.5, 0.6) is 5.75 Å². The Labute approximate surface area is 124 Å². The highest BCUT2D eigenvalue weighted by atomic mass is 16.3. The summed E-state index contributed by atoms with van der Waals surface area (Å²) in [6.07, 6.45) is 5.64. The number of phenols is 1. The molecule has 2 aliphatic rings. The molecule has 0 amide bonds. The van der Waals surface area contributed by atoms with Crippen LogP contribution in [0.25, 0.3) is 6.08 Å². The number of fused-ring (bicyclic) bond motifs is 2. The van der Waals surface area contributed by atoms with Crippen LogP contribution in [0.1, 0.15) is 41.8 Å². The van der Waals surface area contributed by atoms with E-state index in [1.54, 1.807) is 31.2 Å². The average molecular weight is 282 g/mol. The highest BCUT2D eigenvalue weighted by Gasteiger charge is 2.41. The summed E-state index contributed by atoms with van der Waals surface area (Å²) in [5.41, 5.74) is 2.46. The minimum absolute atomic E-state index is 0.0283. The predicted octanol–water partition coefficient (Wildman–Crippen LogP) is 3.45. The van der Waals surface area contributed by atoms with Gasteiger partial charge >= 0.3 is 0 Å². The van der Waals surface area contributed by atoms with E-state index in [9.17, 15) is 14.7 Å². The van der Waals surface area contributed by atoms with Crippen molar-refractivity contribution in [3.8, 4) is 5.75 Å². The molecule has 0 radical (unpaired) electrons. The smallest absolute Gasteiger partial charge is 0.164 e. The molecule has 3 heteroatoms. The van der Waals surface area contributed by atoms with Crippen LogP contribution in [0.2, 0.25) is 0 Å². The molecule has 0 fully saturated rings. The van der Waals surface area contributed by atoms with Gasteiger partial charge in [-0.1, -0.05) is 26.0 Å². The molecule has 1 aromatic carbocycles. The van der Waals surface area contributed by atoms with Crippen molar-refractivity contribution >= 4 is 17.6 Å². The number of aromatic hydroxyl groups is 1. The van der Waals surface area contributed by atoms with Gasteiger partial charge in [-0.15, -0.1) is 0 Å². The number of hydrogen-bond acceptors (Lipinski definition) is 3. The molecule has 0 bridgehead atoms. The lowest BCUT2D eigenvalue weighted by atomic mass is 9.67. The summed E-state index contributed by atoms with van der Waals surface area (Å²) in [5, 5.41) is 9.88. The van der Waals surface area contributed by atoms with Crippen molar-refractivity contribution in [2.75, 3.05) is 0 Å². The van der Waals surface area contributed by atoms with E-state index in [-0.39, 0.29) is 23.2 Å². The van der Waals surface area contributed by atoms with Gasteiger partial charge in [0.05, 0.1) is 0 Å². The van der Waals surface area contributed by atoms with E-state index >= 15 is 0 Å². The zero-order valence-corrected chi connectivity index (χ0v) is 12.4. The van der Waals surface area contributed by atoms with E-state index in [2.05, 4.69) is 0 Å². The zero-order chi connectivity index (χ0) is 15.4. The molecule has 2 aliphatic carbocycles. The Hall–Kier alpha value is -2.16. The lowest BCUT2D eigenvalue weighted by Gasteiger charge is -2.35. The van der Waals surface area contributed by atoms with Gasteiger partial charge in [0.25, 0.3) is 0 Å². The number of ketones is 2. The molecule has 3 nitrogen and oxygen atoms in total. The molecule has 0 saturated carbocycles. The molecule has 0 spiro atoms. The molecular weight excluding hydrogens is 264 g/mol. The van der Waals surface area contributed by atoms with Crippen LogP contribution in [0.3, 0.4) is 0 Å². The van der Waals surface area contributed by atoms with E-state index < -0.39 is 5.41 Å². The largest absolute Gasteiger partial charge is 0.508 e. The lowest BCUT2D eigenvalue weighted by Crippen LogP contribution is -2.36. The van der Waals surface area contributed by atoms with Crippen molar-refractivity contribution in [3.05, 3.63) is 46.5 Å². The van der Waals surface area contributed by atoms with Crippen molar-refractivity contribution < 1.29 is 14.7 Å². The van der Waals surface area contributed by atoms with E-state index in [1.807, 2.05) is 19.9 Å². The van der Waals surface area contributed by atoms with Crippen LogP contribution in [0.4, 0.5) is 0 Å². The highest BCUT2D eigenvalue weighted by molar-refractivity contribution is 6.04. The van der Waals surface area contributed by atoms with Gasteiger partial charge in [-0.3, -0.25) is 9.59 Å².